The van der Waals surface area contributed by atoms with Gasteiger partial charge in [-0.15, -0.1) is 35.3 Å². The lowest BCUT2D eigenvalue weighted by atomic mass is 10.0. The molecule has 0 bridgehead atoms. The Morgan fingerprint density at radius 1 is 0.606 bits per heavy atom. The maximum Gasteiger partial charge on any atom is 0.0547 e. The Morgan fingerprint density at radius 3 is 1.45 bits per heavy atom. The Morgan fingerprint density at radius 2 is 1.06 bits per heavy atom. The van der Waals surface area contributed by atoms with Crippen LogP contribution in [-0.2, 0) is 0 Å². The summed E-state index contributed by atoms with van der Waals surface area (Å²) in [7, 11) is 4.32. The van der Waals surface area contributed by atoms with Gasteiger partial charge in [0.05, 0.1) is 5.25 Å². The highest BCUT2D eigenvalue weighted by molar-refractivity contribution is 8.00. The summed E-state index contributed by atoms with van der Waals surface area (Å²) in [5.41, 5.74) is 2.85. The van der Waals surface area contributed by atoms with Gasteiger partial charge in [0.15, 0.2) is 0 Å². The van der Waals surface area contributed by atoms with E-state index < -0.39 is 0 Å². The third-order valence-electron chi connectivity index (χ3n) is 5.72. The van der Waals surface area contributed by atoms with Crippen LogP contribution in [0.15, 0.2) is 58.3 Å². The van der Waals surface area contributed by atoms with Crippen LogP contribution in [0.1, 0.15) is 81.6 Å². The van der Waals surface area contributed by atoms with E-state index in [4.69, 9.17) is 0 Å². The summed E-state index contributed by atoms with van der Waals surface area (Å²) in [4.78, 5) is 5.09. The summed E-state index contributed by atoms with van der Waals surface area (Å²) < 4.78 is 0. The Hall–Kier alpha value is -0.550. The fourth-order valence-electron chi connectivity index (χ4n) is 3.65. The second-order valence-corrected chi connectivity index (χ2v) is 12.6. The molecule has 1 nitrogen and oxygen atoms in total. The molecule has 33 heavy (non-hydrogen) atoms. The molecule has 0 saturated heterocycles. The van der Waals surface area contributed by atoms with Gasteiger partial charge >= 0.3 is 0 Å². The standard InChI is InChI=1S/C29H45NS3/c1-5-7-9-11-22-31-27-17-13-25(14-18-27)29(33-24-21-30(3)4)26-15-19-28(20-16-26)32-23-12-10-8-6-2/h13-20,29H,5-12,21-24H2,1-4H3. The molecule has 184 valence electrons. The third kappa shape index (κ3) is 12.1. The highest BCUT2D eigenvalue weighted by atomic mass is 32.2. The molecule has 0 aliphatic heterocycles. The van der Waals surface area contributed by atoms with Crippen LogP contribution in [0.5, 0.6) is 0 Å². The second kappa shape index (κ2) is 17.8. The zero-order valence-electron chi connectivity index (χ0n) is 21.4. The molecule has 0 unspecified atom stereocenters. The van der Waals surface area contributed by atoms with Crippen molar-refractivity contribution in [2.24, 2.45) is 0 Å². The third-order valence-corrected chi connectivity index (χ3v) is 9.21. The Labute approximate surface area is 217 Å². The SMILES string of the molecule is CCCCCCSc1ccc(C(SCCN(C)C)c2ccc(SCCCCCC)cc2)cc1. The van der Waals surface area contributed by atoms with E-state index in [0.717, 1.165) is 12.3 Å². The lowest BCUT2D eigenvalue weighted by Gasteiger charge is -2.20. The Kier molecular flexibility index (Phi) is 15.5. The van der Waals surface area contributed by atoms with E-state index in [2.05, 4.69) is 93.1 Å². The minimum absolute atomic E-state index is 0.400. The van der Waals surface area contributed by atoms with E-state index in [1.807, 2.05) is 23.5 Å². The maximum atomic E-state index is 2.36. The number of thioether (sulfide) groups is 3. The molecule has 0 aromatic heterocycles. The molecule has 0 aliphatic carbocycles. The number of rotatable bonds is 18. The van der Waals surface area contributed by atoms with E-state index in [1.54, 1.807) is 0 Å². The molecule has 2 aromatic carbocycles. The van der Waals surface area contributed by atoms with Crippen LogP contribution in [0.2, 0.25) is 0 Å². The largest absolute Gasteiger partial charge is 0.309 e. The summed E-state index contributed by atoms with van der Waals surface area (Å²) in [5, 5.41) is 0.400. The topological polar surface area (TPSA) is 3.24 Å². The van der Waals surface area contributed by atoms with E-state index in [1.165, 1.54) is 83.8 Å². The first-order valence-corrected chi connectivity index (χ1v) is 15.9. The van der Waals surface area contributed by atoms with E-state index in [9.17, 15) is 0 Å². The molecule has 0 spiro atoms. The van der Waals surface area contributed by atoms with Crippen LogP contribution < -0.4 is 0 Å². The minimum Gasteiger partial charge on any atom is -0.309 e. The molecule has 0 radical (unpaired) electrons. The highest BCUT2D eigenvalue weighted by Crippen LogP contribution is 2.37. The molecule has 0 amide bonds. The summed E-state index contributed by atoms with van der Waals surface area (Å²) in [6, 6.07) is 18.8. The normalized spacial score (nSPS) is 11.6. The van der Waals surface area contributed by atoms with Crippen LogP contribution >= 0.6 is 35.3 Å². The predicted octanol–water partition coefficient (Wildman–Crippen LogP) is 9.42. The Bertz CT molecular complexity index is 670. The quantitative estimate of drug-likeness (QED) is 0.147. The van der Waals surface area contributed by atoms with Crippen LogP contribution in [0.4, 0.5) is 0 Å². The minimum atomic E-state index is 0.400. The van der Waals surface area contributed by atoms with Crippen LogP contribution in [-0.4, -0.2) is 42.8 Å². The first-order valence-electron chi connectivity index (χ1n) is 12.9. The van der Waals surface area contributed by atoms with Gasteiger partial charge in [0.2, 0.25) is 0 Å². The van der Waals surface area contributed by atoms with Gasteiger partial charge in [-0.3, -0.25) is 0 Å². The van der Waals surface area contributed by atoms with Gasteiger partial charge in [-0.25, -0.2) is 0 Å². The molecular weight excluding hydrogens is 459 g/mol. The van der Waals surface area contributed by atoms with Crippen LogP contribution in [0.3, 0.4) is 0 Å². The molecule has 2 aromatic rings. The monoisotopic (exact) mass is 503 g/mol. The van der Waals surface area contributed by atoms with Crippen molar-refractivity contribution in [1.29, 1.82) is 0 Å². The molecule has 2 rings (SSSR count). The van der Waals surface area contributed by atoms with Crippen molar-refractivity contribution >= 4 is 35.3 Å². The lowest BCUT2D eigenvalue weighted by molar-refractivity contribution is 0.437. The van der Waals surface area contributed by atoms with Gasteiger partial charge in [-0.05, 0) is 73.8 Å². The Balaban J connectivity index is 1.98. The van der Waals surface area contributed by atoms with Crippen LogP contribution in [0.25, 0.3) is 0 Å². The fourth-order valence-corrected chi connectivity index (χ4v) is 6.88. The first-order chi connectivity index (χ1) is 16.1. The van der Waals surface area contributed by atoms with E-state index in [-0.39, 0.29) is 0 Å². The van der Waals surface area contributed by atoms with E-state index >= 15 is 0 Å². The van der Waals surface area contributed by atoms with Crippen molar-refractivity contribution in [3.63, 3.8) is 0 Å². The van der Waals surface area contributed by atoms with Crippen molar-refractivity contribution < 1.29 is 0 Å². The number of unbranched alkanes of at least 4 members (excludes halogenated alkanes) is 6. The number of hydrogen-bond acceptors (Lipinski definition) is 4. The van der Waals surface area contributed by atoms with Crippen molar-refractivity contribution in [3.8, 4) is 0 Å². The summed E-state index contributed by atoms with van der Waals surface area (Å²) >= 11 is 6.08. The summed E-state index contributed by atoms with van der Waals surface area (Å²) in [5.74, 6) is 3.61. The molecule has 0 N–H and O–H groups in total. The van der Waals surface area contributed by atoms with Gasteiger partial charge in [0.1, 0.15) is 0 Å². The van der Waals surface area contributed by atoms with Crippen molar-refractivity contribution in [3.05, 3.63) is 59.7 Å². The summed E-state index contributed by atoms with van der Waals surface area (Å²) in [6.07, 6.45) is 10.7. The van der Waals surface area contributed by atoms with Crippen molar-refractivity contribution in [2.45, 2.75) is 80.3 Å². The van der Waals surface area contributed by atoms with Crippen molar-refractivity contribution in [2.75, 3.05) is 37.9 Å². The van der Waals surface area contributed by atoms with Gasteiger partial charge < -0.3 is 4.90 Å². The molecule has 0 heterocycles. The number of nitrogens with zero attached hydrogens (tertiary/aromatic N) is 1. The smallest absolute Gasteiger partial charge is 0.0547 e. The number of hydrogen-bond donors (Lipinski definition) is 0. The zero-order chi connectivity index (χ0) is 23.7. The van der Waals surface area contributed by atoms with Gasteiger partial charge in [-0.2, -0.15) is 0 Å². The maximum absolute atomic E-state index is 2.36. The zero-order valence-corrected chi connectivity index (χ0v) is 23.8. The lowest BCUT2D eigenvalue weighted by Crippen LogP contribution is -2.15. The van der Waals surface area contributed by atoms with Gasteiger partial charge in [0, 0.05) is 22.1 Å². The average molecular weight is 504 g/mol. The molecular formula is C29H45NS3. The predicted molar refractivity (Wildman–Crippen MR) is 155 cm³/mol. The molecule has 0 aliphatic rings. The fraction of sp³-hybridized carbons (Fsp3) is 0.586. The van der Waals surface area contributed by atoms with Gasteiger partial charge in [0.25, 0.3) is 0 Å². The number of benzene rings is 2. The molecule has 0 saturated carbocycles. The van der Waals surface area contributed by atoms with Crippen molar-refractivity contribution in [1.82, 2.24) is 4.90 Å². The molecule has 0 fully saturated rings. The first kappa shape index (κ1) is 28.7. The second-order valence-electron chi connectivity index (χ2n) is 9.01. The van der Waals surface area contributed by atoms with E-state index in [0.29, 0.717) is 5.25 Å². The molecule has 0 atom stereocenters. The molecule has 4 heteroatoms. The average Bonchev–Trinajstić information content (AvgIpc) is 2.82. The van der Waals surface area contributed by atoms with Gasteiger partial charge in [-0.1, -0.05) is 76.6 Å². The summed E-state index contributed by atoms with van der Waals surface area (Å²) in [6.45, 7) is 5.66. The van der Waals surface area contributed by atoms with Crippen LogP contribution in [0, 0.1) is 0 Å². The highest BCUT2D eigenvalue weighted by Gasteiger charge is 2.15.